The van der Waals surface area contributed by atoms with E-state index in [0.717, 1.165) is 29.7 Å². The van der Waals surface area contributed by atoms with Gasteiger partial charge in [0.2, 0.25) is 0 Å². The topological polar surface area (TPSA) is 46.5 Å². The van der Waals surface area contributed by atoms with E-state index in [1.807, 2.05) is 25.1 Å². The second-order valence-corrected chi connectivity index (χ2v) is 7.01. The molecule has 26 heavy (non-hydrogen) atoms. The number of rotatable bonds is 8. The molecule has 0 spiro atoms. The van der Waals surface area contributed by atoms with Crippen molar-refractivity contribution >= 4 is 5.97 Å². The minimum Gasteiger partial charge on any atom is -0.489 e. The number of aryl methyl sites for hydroxylation is 2. The second kappa shape index (κ2) is 8.70. The van der Waals surface area contributed by atoms with Crippen molar-refractivity contribution in [2.24, 2.45) is 0 Å². The van der Waals surface area contributed by atoms with E-state index in [9.17, 15) is 4.79 Å². The molecule has 3 nitrogen and oxygen atoms in total. The summed E-state index contributed by atoms with van der Waals surface area (Å²) >= 11 is 0. The lowest BCUT2D eigenvalue weighted by molar-refractivity contribution is -0.136. The van der Waals surface area contributed by atoms with Gasteiger partial charge < -0.3 is 9.84 Å². The van der Waals surface area contributed by atoms with Crippen molar-refractivity contribution in [2.75, 3.05) is 6.61 Å². The van der Waals surface area contributed by atoms with Crippen molar-refractivity contribution in [3.63, 3.8) is 0 Å². The van der Waals surface area contributed by atoms with E-state index < -0.39 is 5.97 Å². The Morgan fingerprint density at radius 3 is 2.54 bits per heavy atom. The van der Waals surface area contributed by atoms with E-state index in [1.54, 1.807) is 0 Å². The van der Waals surface area contributed by atoms with Crippen LogP contribution in [0.4, 0.5) is 0 Å². The van der Waals surface area contributed by atoms with Crippen LogP contribution in [0.1, 0.15) is 42.4 Å². The van der Waals surface area contributed by atoms with Crippen LogP contribution in [0.3, 0.4) is 0 Å². The predicted octanol–water partition coefficient (Wildman–Crippen LogP) is 5.11. The van der Waals surface area contributed by atoms with Crippen molar-refractivity contribution in [3.8, 4) is 5.75 Å². The molecule has 2 aromatic rings. The van der Waals surface area contributed by atoms with Crippen LogP contribution in [-0.4, -0.2) is 17.7 Å². The summed E-state index contributed by atoms with van der Waals surface area (Å²) in [7, 11) is 0. The van der Waals surface area contributed by atoms with Gasteiger partial charge in [-0.2, -0.15) is 0 Å². The fraction of sp³-hybridized carbons (Fsp3) is 0.348. The Kier molecular flexibility index (Phi) is 6.11. The van der Waals surface area contributed by atoms with E-state index >= 15 is 0 Å². The van der Waals surface area contributed by atoms with Crippen LogP contribution in [0.25, 0.3) is 0 Å². The van der Waals surface area contributed by atoms with E-state index in [-0.39, 0.29) is 6.42 Å². The van der Waals surface area contributed by atoms with Gasteiger partial charge in [-0.3, -0.25) is 4.79 Å². The maximum atomic E-state index is 10.7. The summed E-state index contributed by atoms with van der Waals surface area (Å²) in [5.74, 6) is 0.129. The maximum absolute atomic E-state index is 10.7. The molecule has 0 aliphatic heterocycles. The molecule has 0 saturated carbocycles. The minimum absolute atomic E-state index is 0.162. The van der Waals surface area contributed by atoms with E-state index in [0.29, 0.717) is 13.0 Å². The first kappa shape index (κ1) is 18.2. The molecule has 0 heterocycles. The molecule has 3 rings (SSSR count). The zero-order chi connectivity index (χ0) is 18.4. The number of hydrogen-bond donors (Lipinski definition) is 1. The van der Waals surface area contributed by atoms with Gasteiger partial charge in [-0.05, 0) is 67.4 Å². The molecule has 0 bridgehead atoms. The van der Waals surface area contributed by atoms with Crippen molar-refractivity contribution in [1.29, 1.82) is 0 Å². The average Bonchev–Trinajstić information content (AvgIpc) is 3.07. The Hall–Kier alpha value is -2.55. The Morgan fingerprint density at radius 1 is 1.04 bits per heavy atom. The van der Waals surface area contributed by atoms with Gasteiger partial charge in [0, 0.05) is 6.42 Å². The average molecular weight is 350 g/mol. The fourth-order valence-corrected chi connectivity index (χ4v) is 3.54. The molecule has 136 valence electrons. The van der Waals surface area contributed by atoms with Gasteiger partial charge in [0.15, 0.2) is 0 Å². The van der Waals surface area contributed by atoms with Gasteiger partial charge in [0.1, 0.15) is 12.4 Å². The molecule has 0 unspecified atom stereocenters. The number of allylic oxidation sites excluding steroid dienone is 1. The minimum atomic E-state index is -0.762. The molecular weight excluding hydrogens is 324 g/mol. The predicted molar refractivity (Wildman–Crippen MR) is 104 cm³/mol. The van der Waals surface area contributed by atoms with Gasteiger partial charge in [0.05, 0.1) is 0 Å². The fourth-order valence-electron chi connectivity index (χ4n) is 3.54. The highest BCUT2D eigenvalue weighted by Crippen LogP contribution is 2.30. The number of aliphatic carboxylic acids is 1. The standard InChI is InChI=1S/C23H26O3/c1-17-14-19(11-13-23(24)25)10-12-22(17)26-16-21-9-5-8-20(21)15-18-6-3-2-4-7-18/h2-4,6-7,10,12,14H,5,8-9,11,13,15-16H2,1H3,(H,24,25). The summed E-state index contributed by atoms with van der Waals surface area (Å²) in [6.45, 7) is 2.67. The monoisotopic (exact) mass is 350 g/mol. The van der Waals surface area contributed by atoms with Crippen molar-refractivity contribution in [3.05, 3.63) is 76.4 Å². The number of carboxylic acids is 1. The third-order valence-electron chi connectivity index (χ3n) is 4.99. The first-order valence-electron chi connectivity index (χ1n) is 9.29. The van der Waals surface area contributed by atoms with Crippen molar-refractivity contribution < 1.29 is 14.6 Å². The smallest absolute Gasteiger partial charge is 0.303 e. The van der Waals surface area contributed by atoms with Crippen molar-refractivity contribution in [2.45, 2.75) is 45.4 Å². The lowest BCUT2D eigenvalue weighted by Gasteiger charge is -2.13. The van der Waals surface area contributed by atoms with Gasteiger partial charge in [0.25, 0.3) is 0 Å². The van der Waals surface area contributed by atoms with Crippen LogP contribution in [0.5, 0.6) is 5.75 Å². The van der Waals surface area contributed by atoms with Crippen LogP contribution in [0.15, 0.2) is 59.7 Å². The first-order chi connectivity index (χ1) is 12.6. The molecule has 1 aliphatic carbocycles. The van der Waals surface area contributed by atoms with Crippen molar-refractivity contribution in [1.82, 2.24) is 0 Å². The Bertz CT molecular complexity index is 790. The van der Waals surface area contributed by atoms with E-state index in [4.69, 9.17) is 9.84 Å². The summed E-state index contributed by atoms with van der Waals surface area (Å²) in [6, 6.07) is 16.6. The molecular formula is C23H26O3. The molecule has 0 saturated heterocycles. The van der Waals surface area contributed by atoms with Crippen LogP contribution in [0, 0.1) is 6.92 Å². The summed E-state index contributed by atoms with van der Waals surface area (Å²) in [5.41, 5.74) is 6.43. The number of ether oxygens (including phenoxy) is 1. The van der Waals surface area contributed by atoms with Crippen LogP contribution in [-0.2, 0) is 17.6 Å². The molecule has 3 heteroatoms. The lowest BCUT2D eigenvalue weighted by Crippen LogP contribution is -2.04. The highest BCUT2D eigenvalue weighted by molar-refractivity contribution is 5.67. The van der Waals surface area contributed by atoms with E-state index in [2.05, 4.69) is 30.3 Å². The lowest BCUT2D eigenvalue weighted by atomic mass is 10.0. The largest absolute Gasteiger partial charge is 0.489 e. The second-order valence-electron chi connectivity index (χ2n) is 7.01. The van der Waals surface area contributed by atoms with E-state index in [1.165, 1.54) is 29.6 Å². The Labute approximate surface area is 155 Å². The normalized spacial score (nSPS) is 13.9. The maximum Gasteiger partial charge on any atom is 0.303 e. The third-order valence-corrected chi connectivity index (χ3v) is 4.99. The molecule has 1 N–H and O–H groups in total. The molecule has 1 aliphatic rings. The number of hydrogen-bond acceptors (Lipinski definition) is 2. The molecule has 0 fully saturated rings. The highest BCUT2D eigenvalue weighted by atomic mass is 16.5. The summed E-state index contributed by atoms with van der Waals surface area (Å²) in [6.07, 6.45) is 5.25. The quantitative estimate of drug-likeness (QED) is 0.673. The SMILES string of the molecule is Cc1cc(CCC(=O)O)ccc1OCC1=C(Cc2ccccc2)CCC1. The highest BCUT2D eigenvalue weighted by Gasteiger charge is 2.16. The molecule has 2 aromatic carbocycles. The van der Waals surface area contributed by atoms with Gasteiger partial charge in [-0.15, -0.1) is 0 Å². The van der Waals surface area contributed by atoms with Gasteiger partial charge >= 0.3 is 5.97 Å². The number of carbonyl (C=O) groups is 1. The van der Waals surface area contributed by atoms with Crippen LogP contribution >= 0.6 is 0 Å². The summed E-state index contributed by atoms with van der Waals surface area (Å²) in [4.78, 5) is 10.7. The molecule has 0 atom stereocenters. The summed E-state index contributed by atoms with van der Waals surface area (Å²) in [5, 5.41) is 8.80. The van der Waals surface area contributed by atoms with Crippen LogP contribution < -0.4 is 4.74 Å². The van der Waals surface area contributed by atoms with Gasteiger partial charge in [-0.1, -0.05) is 48.0 Å². The Morgan fingerprint density at radius 2 is 1.81 bits per heavy atom. The molecule has 0 aromatic heterocycles. The zero-order valence-corrected chi connectivity index (χ0v) is 15.3. The summed E-state index contributed by atoms with van der Waals surface area (Å²) < 4.78 is 6.10. The number of benzene rings is 2. The first-order valence-corrected chi connectivity index (χ1v) is 9.29. The molecule has 0 radical (unpaired) electrons. The van der Waals surface area contributed by atoms with Gasteiger partial charge in [-0.25, -0.2) is 0 Å². The Balaban J connectivity index is 1.62. The molecule has 0 amide bonds. The number of carboxylic acid groups (broad SMARTS) is 1. The third kappa shape index (κ3) is 4.98. The van der Waals surface area contributed by atoms with Crippen LogP contribution in [0.2, 0.25) is 0 Å². The zero-order valence-electron chi connectivity index (χ0n) is 15.3.